The van der Waals surface area contributed by atoms with Gasteiger partial charge in [-0.1, -0.05) is 5.21 Å². The SMILES string of the molecule is COc1ccc(-n2nnc(C(=O)N3CCCC[C@@H]3C(=O)O)c2C)cc1. The summed E-state index contributed by atoms with van der Waals surface area (Å²) < 4.78 is 6.69. The lowest BCUT2D eigenvalue weighted by Gasteiger charge is -2.32. The summed E-state index contributed by atoms with van der Waals surface area (Å²) in [6, 6.07) is 6.42. The number of likely N-dealkylation sites (tertiary alicyclic amines) is 1. The van der Waals surface area contributed by atoms with Crippen LogP contribution < -0.4 is 4.74 Å². The Labute approximate surface area is 145 Å². The summed E-state index contributed by atoms with van der Waals surface area (Å²) >= 11 is 0. The van der Waals surface area contributed by atoms with E-state index in [4.69, 9.17) is 4.74 Å². The fourth-order valence-electron chi connectivity index (χ4n) is 3.06. The lowest BCUT2D eigenvalue weighted by Crippen LogP contribution is -2.48. The van der Waals surface area contributed by atoms with Gasteiger partial charge in [0.2, 0.25) is 0 Å². The highest BCUT2D eigenvalue weighted by molar-refractivity contribution is 5.96. The van der Waals surface area contributed by atoms with Crippen LogP contribution in [0.5, 0.6) is 5.75 Å². The highest BCUT2D eigenvalue weighted by Crippen LogP contribution is 2.22. The molecule has 0 saturated carbocycles. The maximum absolute atomic E-state index is 12.8. The van der Waals surface area contributed by atoms with Crippen molar-refractivity contribution in [2.24, 2.45) is 0 Å². The number of aromatic nitrogens is 3. The number of aliphatic carboxylic acids is 1. The molecule has 0 aliphatic carbocycles. The van der Waals surface area contributed by atoms with Crippen LogP contribution in [0, 0.1) is 6.92 Å². The second-order valence-corrected chi connectivity index (χ2v) is 5.98. The quantitative estimate of drug-likeness (QED) is 0.906. The van der Waals surface area contributed by atoms with Crippen molar-refractivity contribution in [2.45, 2.75) is 32.2 Å². The van der Waals surface area contributed by atoms with Crippen molar-refractivity contribution >= 4 is 11.9 Å². The van der Waals surface area contributed by atoms with Crippen LogP contribution >= 0.6 is 0 Å². The number of nitrogens with zero attached hydrogens (tertiary/aromatic N) is 4. The molecular weight excluding hydrogens is 324 g/mol. The van der Waals surface area contributed by atoms with Gasteiger partial charge in [0.1, 0.15) is 11.8 Å². The largest absolute Gasteiger partial charge is 0.497 e. The van der Waals surface area contributed by atoms with Gasteiger partial charge in [0.15, 0.2) is 5.69 Å². The summed E-state index contributed by atoms with van der Waals surface area (Å²) in [5.41, 5.74) is 1.51. The number of carboxylic acid groups (broad SMARTS) is 1. The molecule has 1 saturated heterocycles. The molecule has 2 heterocycles. The van der Waals surface area contributed by atoms with Crippen LogP contribution in [0.4, 0.5) is 0 Å². The molecule has 8 nitrogen and oxygen atoms in total. The minimum absolute atomic E-state index is 0.184. The van der Waals surface area contributed by atoms with E-state index >= 15 is 0 Å². The third kappa shape index (κ3) is 3.19. The third-order valence-corrected chi connectivity index (χ3v) is 4.46. The molecule has 1 atom stereocenters. The number of piperidine rings is 1. The summed E-state index contributed by atoms with van der Waals surface area (Å²) in [7, 11) is 1.59. The number of hydrogen-bond donors (Lipinski definition) is 1. The van der Waals surface area contributed by atoms with Crippen molar-refractivity contribution in [3.63, 3.8) is 0 Å². The number of carboxylic acids is 1. The summed E-state index contributed by atoms with van der Waals surface area (Å²) in [4.78, 5) is 25.6. The summed E-state index contributed by atoms with van der Waals surface area (Å²) in [5, 5.41) is 17.4. The minimum Gasteiger partial charge on any atom is -0.497 e. The average molecular weight is 344 g/mol. The molecule has 0 unspecified atom stereocenters. The summed E-state index contributed by atoms with van der Waals surface area (Å²) in [5.74, 6) is -0.645. The van der Waals surface area contributed by atoms with Gasteiger partial charge in [-0.2, -0.15) is 0 Å². The summed E-state index contributed by atoms with van der Waals surface area (Å²) in [6.45, 7) is 2.17. The zero-order valence-corrected chi connectivity index (χ0v) is 14.2. The molecule has 1 aromatic carbocycles. The van der Waals surface area contributed by atoms with Gasteiger partial charge in [0.05, 0.1) is 18.5 Å². The Balaban J connectivity index is 1.89. The first kappa shape index (κ1) is 16.9. The van der Waals surface area contributed by atoms with Gasteiger partial charge in [0.25, 0.3) is 5.91 Å². The number of methoxy groups -OCH3 is 1. The van der Waals surface area contributed by atoms with E-state index in [1.165, 1.54) is 4.90 Å². The van der Waals surface area contributed by atoms with Crippen LogP contribution in [-0.2, 0) is 4.79 Å². The molecule has 25 heavy (non-hydrogen) atoms. The van der Waals surface area contributed by atoms with Crippen molar-refractivity contribution in [2.75, 3.05) is 13.7 Å². The molecule has 1 N–H and O–H groups in total. The first-order valence-electron chi connectivity index (χ1n) is 8.13. The summed E-state index contributed by atoms with van der Waals surface area (Å²) in [6.07, 6.45) is 2.06. The molecule has 1 amide bonds. The van der Waals surface area contributed by atoms with Crippen molar-refractivity contribution in [3.8, 4) is 11.4 Å². The van der Waals surface area contributed by atoms with Crippen molar-refractivity contribution in [1.82, 2.24) is 19.9 Å². The molecule has 1 aromatic heterocycles. The van der Waals surface area contributed by atoms with E-state index in [1.54, 1.807) is 30.8 Å². The van der Waals surface area contributed by atoms with Gasteiger partial charge in [0, 0.05) is 6.54 Å². The number of carbonyl (C=O) groups excluding carboxylic acids is 1. The van der Waals surface area contributed by atoms with E-state index in [2.05, 4.69) is 10.3 Å². The van der Waals surface area contributed by atoms with Gasteiger partial charge < -0.3 is 14.7 Å². The van der Waals surface area contributed by atoms with E-state index in [1.807, 2.05) is 12.1 Å². The number of carbonyl (C=O) groups is 2. The maximum Gasteiger partial charge on any atom is 0.326 e. The van der Waals surface area contributed by atoms with E-state index in [-0.39, 0.29) is 11.6 Å². The first-order valence-corrected chi connectivity index (χ1v) is 8.13. The molecule has 2 aromatic rings. The number of amides is 1. The Kier molecular flexibility index (Phi) is 4.69. The van der Waals surface area contributed by atoms with Gasteiger partial charge in [-0.3, -0.25) is 4.79 Å². The Morgan fingerprint density at radius 2 is 1.96 bits per heavy atom. The molecule has 1 aliphatic heterocycles. The van der Waals surface area contributed by atoms with Crippen LogP contribution in [0.15, 0.2) is 24.3 Å². The molecule has 132 valence electrons. The fourth-order valence-corrected chi connectivity index (χ4v) is 3.06. The van der Waals surface area contributed by atoms with Gasteiger partial charge in [-0.15, -0.1) is 5.10 Å². The smallest absolute Gasteiger partial charge is 0.326 e. The Hall–Kier alpha value is -2.90. The van der Waals surface area contributed by atoms with Crippen LogP contribution in [0.1, 0.15) is 35.4 Å². The van der Waals surface area contributed by atoms with E-state index in [9.17, 15) is 14.7 Å². The van der Waals surface area contributed by atoms with Crippen LogP contribution in [0.2, 0.25) is 0 Å². The monoisotopic (exact) mass is 344 g/mol. The first-order chi connectivity index (χ1) is 12.0. The van der Waals surface area contributed by atoms with E-state index in [0.29, 0.717) is 18.7 Å². The maximum atomic E-state index is 12.8. The van der Waals surface area contributed by atoms with Crippen molar-refractivity contribution in [3.05, 3.63) is 35.7 Å². The zero-order valence-electron chi connectivity index (χ0n) is 14.2. The Bertz CT molecular complexity index is 784. The standard InChI is InChI=1S/C17H20N4O4/c1-11-15(16(22)20-10-4-3-5-14(20)17(23)24)18-19-21(11)12-6-8-13(25-2)9-7-12/h6-9,14H,3-5,10H2,1-2H3,(H,23,24)/t14-/m1/s1. The highest BCUT2D eigenvalue weighted by Gasteiger charge is 2.34. The van der Waals surface area contributed by atoms with Gasteiger partial charge in [-0.05, 0) is 50.5 Å². The van der Waals surface area contributed by atoms with Crippen molar-refractivity contribution in [1.29, 1.82) is 0 Å². The lowest BCUT2D eigenvalue weighted by molar-refractivity contribution is -0.143. The van der Waals surface area contributed by atoms with E-state index < -0.39 is 12.0 Å². The van der Waals surface area contributed by atoms with Crippen molar-refractivity contribution < 1.29 is 19.4 Å². The third-order valence-electron chi connectivity index (χ3n) is 4.46. The highest BCUT2D eigenvalue weighted by atomic mass is 16.5. The van der Waals surface area contributed by atoms with Crippen LogP contribution in [0.25, 0.3) is 5.69 Å². The predicted octanol–water partition coefficient (Wildman–Crippen LogP) is 1.66. The molecule has 0 spiro atoms. The fraction of sp³-hybridized carbons (Fsp3) is 0.412. The molecule has 0 bridgehead atoms. The molecule has 3 rings (SSSR count). The topological polar surface area (TPSA) is 97.5 Å². The molecule has 8 heteroatoms. The number of benzene rings is 1. The van der Waals surface area contributed by atoms with Gasteiger partial charge in [-0.25, -0.2) is 9.48 Å². The Morgan fingerprint density at radius 1 is 1.24 bits per heavy atom. The second kappa shape index (κ2) is 6.92. The molecule has 0 radical (unpaired) electrons. The normalized spacial score (nSPS) is 17.4. The molecular formula is C17H20N4O4. The average Bonchev–Trinajstić information content (AvgIpc) is 3.02. The van der Waals surface area contributed by atoms with Crippen LogP contribution in [-0.4, -0.2) is 56.6 Å². The number of hydrogen-bond acceptors (Lipinski definition) is 5. The van der Waals surface area contributed by atoms with E-state index in [0.717, 1.165) is 24.3 Å². The number of rotatable bonds is 4. The molecule has 1 fully saturated rings. The number of ether oxygens (including phenoxy) is 1. The Morgan fingerprint density at radius 3 is 2.60 bits per heavy atom. The van der Waals surface area contributed by atoms with Gasteiger partial charge >= 0.3 is 5.97 Å². The zero-order chi connectivity index (χ0) is 18.0. The minimum atomic E-state index is -0.978. The predicted molar refractivity (Wildman–Crippen MR) is 89.0 cm³/mol. The van der Waals surface area contributed by atoms with Crippen LogP contribution in [0.3, 0.4) is 0 Å². The second-order valence-electron chi connectivity index (χ2n) is 5.98. The lowest BCUT2D eigenvalue weighted by atomic mass is 10.0. The molecule has 1 aliphatic rings.